The maximum absolute atomic E-state index is 13.6. The predicted octanol–water partition coefficient (Wildman–Crippen LogP) is 2.10. The van der Waals surface area contributed by atoms with E-state index in [4.69, 9.17) is 9.84 Å². The summed E-state index contributed by atoms with van der Waals surface area (Å²) in [5, 5.41) is 8.95. The van der Waals surface area contributed by atoms with E-state index in [-0.39, 0.29) is 30.7 Å². The molecular weight excluding hydrogens is 301 g/mol. The third-order valence-electron chi connectivity index (χ3n) is 4.15. The van der Waals surface area contributed by atoms with Gasteiger partial charge in [-0.15, -0.1) is 0 Å². The molecule has 1 saturated heterocycles. The van der Waals surface area contributed by atoms with E-state index in [1.807, 2.05) is 0 Å². The van der Waals surface area contributed by atoms with Crippen molar-refractivity contribution in [3.05, 3.63) is 35.6 Å². The Hall–Kier alpha value is -1.95. The van der Waals surface area contributed by atoms with Crippen molar-refractivity contribution < 1.29 is 23.8 Å². The Balaban J connectivity index is 1.94. The van der Waals surface area contributed by atoms with Crippen molar-refractivity contribution in [2.45, 2.75) is 32.2 Å². The fourth-order valence-electron chi connectivity index (χ4n) is 2.80. The van der Waals surface area contributed by atoms with Gasteiger partial charge in [0.1, 0.15) is 5.82 Å². The van der Waals surface area contributed by atoms with Crippen molar-refractivity contribution in [2.24, 2.45) is 5.92 Å². The van der Waals surface area contributed by atoms with E-state index < -0.39 is 12.0 Å². The first-order valence-corrected chi connectivity index (χ1v) is 7.82. The van der Waals surface area contributed by atoms with Crippen molar-refractivity contribution in [3.8, 4) is 0 Å². The lowest BCUT2D eigenvalue weighted by molar-refractivity contribution is -0.148. The number of aliphatic carboxylic acids is 1. The molecule has 1 fully saturated rings. The van der Waals surface area contributed by atoms with E-state index in [1.165, 1.54) is 6.07 Å². The van der Waals surface area contributed by atoms with Crippen molar-refractivity contribution in [2.75, 3.05) is 19.8 Å². The zero-order valence-corrected chi connectivity index (χ0v) is 13.2. The minimum atomic E-state index is -0.947. The minimum absolute atomic E-state index is 0.0871. The van der Waals surface area contributed by atoms with Crippen molar-refractivity contribution >= 4 is 11.9 Å². The largest absolute Gasteiger partial charge is 0.481 e. The van der Waals surface area contributed by atoms with Gasteiger partial charge < -0.3 is 14.7 Å². The first kappa shape index (κ1) is 17.4. The van der Waals surface area contributed by atoms with Gasteiger partial charge in [-0.05, 0) is 24.5 Å². The van der Waals surface area contributed by atoms with Crippen LogP contribution in [0.25, 0.3) is 0 Å². The van der Waals surface area contributed by atoms with Crippen LogP contribution in [0, 0.1) is 11.7 Å². The SMILES string of the molecule is CC(CCc1ccccc1F)C(=O)N1CCOCC1CC(=O)O. The second-order valence-corrected chi connectivity index (χ2v) is 5.89. The number of hydrogen-bond donors (Lipinski definition) is 1. The van der Waals surface area contributed by atoms with Gasteiger partial charge >= 0.3 is 5.97 Å². The highest BCUT2D eigenvalue weighted by atomic mass is 19.1. The van der Waals surface area contributed by atoms with Crippen LogP contribution >= 0.6 is 0 Å². The van der Waals surface area contributed by atoms with Crippen LogP contribution in [-0.2, 0) is 20.7 Å². The number of ether oxygens (including phenoxy) is 1. The lowest BCUT2D eigenvalue weighted by Gasteiger charge is -2.36. The summed E-state index contributed by atoms with van der Waals surface area (Å²) in [7, 11) is 0. The molecule has 0 radical (unpaired) electrons. The number of carboxylic acid groups (broad SMARTS) is 1. The van der Waals surface area contributed by atoms with Gasteiger partial charge in [-0.25, -0.2) is 4.39 Å². The molecule has 1 aliphatic rings. The molecule has 2 rings (SSSR count). The normalized spacial score (nSPS) is 19.4. The Morgan fingerprint density at radius 1 is 1.43 bits per heavy atom. The van der Waals surface area contributed by atoms with E-state index in [0.29, 0.717) is 31.6 Å². The summed E-state index contributed by atoms with van der Waals surface area (Å²) in [6, 6.07) is 6.11. The molecule has 2 unspecified atom stereocenters. The summed E-state index contributed by atoms with van der Waals surface area (Å²) >= 11 is 0. The number of nitrogens with zero attached hydrogens (tertiary/aromatic N) is 1. The fourth-order valence-corrected chi connectivity index (χ4v) is 2.80. The molecule has 1 aromatic carbocycles. The number of aryl methyl sites for hydroxylation is 1. The van der Waals surface area contributed by atoms with Gasteiger partial charge in [-0.3, -0.25) is 9.59 Å². The van der Waals surface area contributed by atoms with Crippen molar-refractivity contribution in [1.29, 1.82) is 0 Å². The van der Waals surface area contributed by atoms with E-state index in [1.54, 1.807) is 30.0 Å². The number of carboxylic acids is 1. The molecule has 6 heteroatoms. The average Bonchev–Trinajstić information content (AvgIpc) is 2.53. The van der Waals surface area contributed by atoms with Crippen LogP contribution in [0.15, 0.2) is 24.3 Å². The molecule has 0 aliphatic carbocycles. The number of benzene rings is 1. The highest BCUT2D eigenvalue weighted by Gasteiger charge is 2.31. The first-order valence-electron chi connectivity index (χ1n) is 7.82. The zero-order chi connectivity index (χ0) is 16.8. The summed E-state index contributed by atoms with van der Waals surface area (Å²) in [6.45, 7) is 2.87. The molecule has 1 aliphatic heterocycles. The average molecular weight is 323 g/mol. The summed E-state index contributed by atoms with van der Waals surface area (Å²) in [4.78, 5) is 25.1. The van der Waals surface area contributed by atoms with Gasteiger partial charge in [0.2, 0.25) is 5.91 Å². The van der Waals surface area contributed by atoms with E-state index in [2.05, 4.69) is 0 Å². The van der Waals surface area contributed by atoms with Gasteiger partial charge in [0.25, 0.3) is 0 Å². The Morgan fingerprint density at radius 3 is 2.87 bits per heavy atom. The lowest BCUT2D eigenvalue weighted by atomic mass is 9.98. The zero-order valence-electron chi connectivity index (χ0n) is 13.2. The van der Waals surface area contributed by atoms with Gasteiger partial charge in [-0.1, -0.05) is 25.1 Å². The van der Waals surface area contributed by atoms with E-state index in [0.717, 1.165) is 0 Å². The van der Waals surface area contributed by atoms with Crippen LogP contribution in [0.5, 0.6) is 0 Å². The minimum Gasteiger partial charge on any atom is -0.481 e. The number of halogens is 1. The van der Waals surface area contributed by atoms with Gasteiger partial charge in [-0.2, -0.15) is 0 Å². The maximum atomic E-state index is 13.6. The van der Waals surface area contributed by atoms with Crippen LogP contribution in [0.4, 0.5) is 4.39 Å². The number of carbonyl (C=O) groups excluding carboxylic acids is 1. The highest BCUT2D eigenvalue weighted by molar-refractivity contribution is 5.79. The molecule has 2 atom stereocenters. The standard InChI is InChI=1S/C17H22FNO4/c1-12(6-7-13-4-2-3-5-15(13)18)17(22)19-8-9-23-11-14(19)10-16(20)21/h2-5,12,14H,6-11H2,1H3,(H,20,21). The Labute approximate surface area is 135 Å². The van der Waals surface area contributed by atoms with Crippen molar-refractivity contribution in [1.82, 2.24) is 4.90 Å². The number of carbonyl (C=O) groups is 2. The number of amides is 1. The molecule has 5 nitrogen and oxygen atoms in total. The summed E-state index contributed by atoms with van der Waals surface area (Å²) in [5.74, 6) is -1.58. The van der Waals surface area contributed by atoms with Crippen LogP contribution < -0.4 is 0 Å². The van der Waals surface area contributed by atoms with Crippen LogP contribution in [0.3, 0.4) is 0 Å². The molecule has 23 heavy (non-hydrogen) atoms. The second kappa shape index (κ2) is 8.06. The molecule has 0 saturated carbocycles. The van der Waals surface area contributed by atoms with Gasteiger partial charge in [0.15, 0.2) is 0 Å². The van der Waals surface area contributed by atoms with Gasteiger partial charge in [0, 0.05) is 12.5 Å². The molecule has 1 heterocycles. The monoisotopic (exact) mass is 323 g/mol. The van der Waals surface area contributed by atoms with E-state index in [9.17, 15) is 14.0 Å². The lowest BCUT2D eigenvalue weighted by Crippen LogP contribution is -2.51. The Kier molecular flexibility index (Phi) is 6.10. The predicted molar refractivity (Wildman–Crippen MR) is 82.5 cm³/mol. The molecule has 1 N–H and O–H groups in total. The topological polar surface area (TPSA) is 66.8 Å². The van der Waals surface area contributed by atoms with E-state index >= 15 is 0 Å². The molecule has 0 aromatic heterocycles. The number of hydrogen-bond acceptors (Lipinski definition) is 3. The van der Waals surface area contributed by atoms with Crippen molar-refractivity contribution in [3.63, 3.8) is 0 Å². The molecule has 0 spiro atoms. The molecule has 1 amide bonds. The third kappa shape index (κ3) is 4.76. The maximum Gasteiger partial charge on any atom is 0.305 e. The fraction of sp³-hybridized carbons (Fsp3) is 0.529. The highest BCUT2D eigenvalue weighted by Crippen LogP contribution is 2.19. The molecule has 0 bridgehead atoms. The first-order chi connectivity index (χ1) is 11.0. The summed E-state index contributed by atoms with van der Waals surface area (Å²) in [5.41, 5.74) is 0.594. The molecule has 1 aromatic rings. The third-order valence-corrected chi connectivity index (χ3v) is 4.15. The smallest absolute Gasteiger partial charge is 0.305 e. The quantitative estimate of drug-likeness (QED) is 0.870. The number of morpholine rings is 1. The Bertz CT molecular complexity index is 563. The van der Waals surface area contributed by atoms with Crippen LogP contribution in [-0.4, -0.2) is 47.7 Å². The molecular formula is C17H22FNO4. The van der Waals surface area contributed by atoms with Crippen LogP contribution in [0.1, 0.15) is 25.3 Å². The molecule has 126 valence electrons. The Morgan fingerprint density at radius 2 is 2.17 bits per heavy atom. The second-order valence-electron chi connectivity index (χ2n) is 5.89. The summed E-state index contributed by atoms with van der Waals surface area (Å²) < 4.78 is 18.9. The number of rotatable bonds is 6. The summed E-state index contributed by atoms with van der Waals surface area (Å²) in [6.07, 6.45) is 0.885. The van der Waals surface area contributed by atoms with Crippen LogP contribution in [0.2, 0.25) is 0 Å². The van der Waals surface area contributed by atoms with Gasteiger partial charge in [0.05, 0.1) is 25.7 Å².